The number of hydrogen-bond acceptors (Lipinski definition) is 3. The first-order chi connectivity index (χ1) is 10.2. The average Bonchev–Trinajstić information content (AvgIpc) is 2.91. The number of carbonyl (C=O) groups is 1. The monoisotopic (exact) mass is 281 g/mol. The molecule has 1 fully saturated rings. The fourth-order valence-corrected chi connectivity index (χ4v) is 2.87. The van der Waals surface area contributed by atoms with Gasteiger partial charge in [-0.15, -0.1) is 0 Å². The Labute approximate surface area is 124 Å². The average molecular weight is 281 g/mol. The van der Waals surface area contributed by atoms with Crippen molar-refractivity contribution in [1.82, 2.24) is 9.88 Å². The highest BCUT2D eigenvalue weighted by molar-refractivity contribution is 5.79. The van der Waals surface area contributed by atoms with Crippen molar-refractivity contribution in [3.05, 3.63) is 66.0 Å². The lowest BCUT2D eigenvalue weighted by Crippen LogP contribution is -2.33. The number of carbonyl (C=O) groups excluding carboxylic acids is 1. The van der Waals surface area contributed by atoms with E-state index in [0.717, 1.165) is 5.56 Å². The van der Waals surface area contributed by atoms with Crippen molar-refractivity contribution in [3.8, 4) is 0 Å². The molecule has 1 aromatic carbocycles. The molecular weight excluding hydrogens is 262 g/mol. The number of amides is 1. The van der Waals surface area contributed by atoms with Gasteiger partial charge in [-0.1, -0.05) is 36.4 Å². The van der Waals surface area contributed by atoms with E-state index in [1.54, 1.807) is 12.4 Å². The fourth-order valence-electron chi connectivity index (χ4n) is 2.87. The van der Waals surface area contributed by atoms with Gasteiger partial charge in [-0.25, -0.2) is 0 Å². The van der Waals surface area contributed by atoms with Gasteiger partial charge in [-0.2, -0.15) is 0 Å². The molecule has 2 N–H and O–H groups in total. The molecule has 1 aliphatic heterocycles. The molecule has 0 spiro atoms. The number of rotatable bonds is 3. The third kappa shape index (κ3) is 3.11. The number of aromatic nitrogens is 1. The molecule has 108 valence electrons. The van der Waals surface area contributed by atoms with E-state index in [2.05, 4.69) is 17.1 Å². The zero-order valence-electron chi connectivity index (χ0n) is 11.9. The van der Waals surface area contributed by atoms with Crippen molar-refractivity contribution < 1.29 is 4.79 Å². The molecule has 2 aromatic rings. The van der Waals surface area contributed by atoms with Gasteiger partial charge in [-0.05, 0) is 17.2 Å². The standard InChI is InChI=1S/C17H19N3O/c18-16-12-20(11-15(16)14-6-2-1-3-7-14)17(21)9-13-5-4-8-19-10-13/h1-8,10,15-16H,9,11-12,18H2/t15-,16+/m0/s1. The van der Waals surface area contributed by atoms with Crippen LogP contribution in [-0.4, -0.2) is 34.9 Å². The number of pyridine rings is 1. The molecule has 4 nitrogen and oxygen atoms in total. The highest BCUT2D eigenvalue weighted by Gasteiger charge is 2.33. The Hall–Kier alpha value is -2.20. The van der Waals surface area contributed by atoms with Crippen molar-refractivity contribution in [2.75, 3.05) is 13.1 Å². The number of nitrogens with zero attached hydrogens (tertiary/aromatic N) is 2. The maximum Gasteiger partial charge on any atom is 0.227 e. The zero-order chi connectivity index (χ0) is 14.7. The van der Waals surface area contributed by atoms with E-state index in [1.807, 2.05) is 35.2 Å². The fraction of sp³-hybridized carbons (Fsp3) is 0.294. The van der Waals surface area contributed by atoms with Gasteiger partial charge >= 0.3 is 0 Å². The molecule has 0 saturated carbocycles. The van der Waals surface area contributed by atoms with Gasteiger partial charge < -0.3 is 10.6 Å². The minimum Gasteiger partial charge on any atom is -0.340 e. The molecule has 21 heavy (non-hydrogen) atoms. The van der Waals surface area contributed by atoms with Gasteiger partial charge in [0.1, 0.15) is 0 Å². The summed E-state index contributed by atoms with van der Waals surface area (Å²) in [5.74, 6) is 0.348. The van der Waals surface area contributed by atoms with E-state index in [1.165, 1.54) is 5.56 Å². The summed E-state index contributed by atoms with van der Waals surface area (Å²) < 4.78 is 0. The van der Waals surface area contributed by atoms with E-state index < -0.39 is 0 Å². The second-order valence-corrected chi connectivity index (χ2v) is 5.52. The van der Waals surface area contributed by atoms with Crippen molar-refractivity contribution in [3.63, 3.8) is 0 Å². The van der Waals surface area contributed by atoms with E-state index >= 15 is 0 Å². The zero-order valence-corrected chi connectivity index (χ0v) is 11.9. The second-order valence-electron chi connectivity index (χ2n) is 5.52. The SMILES string of the molecule is N[C@@H]1CN(C(=O)Cc2cccnc2)C[C@H]1c1ccccc1. The van der Waals surface area contributed by atoms with Crippen LogP contribution in [0, 0.1) is 0 Å². The molecular formula is C17H19N3O. The Kier molecular flexibility index (Phi) is 3.97. The highest BCUT2D eigenvalue weighted by atomic mass is 16.2. The quantitative estimate of drug-likeness (QED) is 0.929. The predicted molar refractivity (Wildman–Crippen MR) is 81.7 cm³/mol. The predicted octanol–water partition coefficient (Wildman–Crippen LogP) is 1.58. The summed E-state index contributed by atoms with van der Waals surface area (Å²) in [6.45, 7) is 1.32. The Bertz CT molecular complexity index is 600. The van der Waals surface area contributed by atoms with Crippen LogP contribution in [0.5, 0.6) is 0 Å². The molecule has 4 heteroatoms. The van der Waals surface area contributed by atoms with Crippen LogP contribution in [0.3, 0.4) is 0 Å². The van der Waals surface area contributed by atoms with Crippen LogP contribution in [0.15, 0.2) is 54.9 Å². The topological polar surface area (TPSA) is 59.2 Å². The van der Waals surface area contributed by atoms with Gasteiger partial charge in [-0.3, -0.25) is 9.78 Å². The summed E-state index contributed by atoms with van der Waals surface area (Å²) in [5.41, 5.74) is 8.38. The largest absolute Gasteiger partial charge is 0.340 e. The third-order valence-corrected chi connectivity index (χ3v) is 4.02. The van der Waals surface area contributed by atoms with Crippen molar-refractivity contribution in [2.24, 2.45) is 5.73 Å². The van der Waals surface area contributed by atoms with Gasteiger partial charge in [0.25, 0.3) is 0 Å². The van der Waals surface area contributed by atoms with Crippen LogP contribution in [0.25, 0.3) is 0 Å². The summed E-state index contributed by atoms with van der Waals surface area (Å²) in [5, 5.41) is 0. The van der Waals surface area contributed by atoms with Crippen LogP contribution < -0.4 is 5.73 Å². The van der Waals surface area contributed by atoms with E-state index in [0.29, 0.717) is 19.5 Å². The summed E-state index contributed by atoms with van der Waals surface area (Å²) in [6, 6.07) is 14.0. The van der Waals surface area contributed by atoms with Crippen molar-refractivity contribution in [2.45, 2.75) is 18.4 Å². The van der Waals surface area contributed by atoms with Gasteiger partial charge in [0.2, 0.25) is 5.91 Å². The van der Waals surface area contributed by atoms with Gasteiger partial charge in [0, 0.05) is 37.4 Å². The lowest BCUT2D eigenvalue weighted by molar-refractivity contribution is -0.129. The summed E-state index contributed by atoms with van der Waals surface area (Å²) >= 11 is 0. The maximum atomic E-state index is 12.4. The Balaban J connectivity index is 1.67. The lowest BCUT2D eigenvalue weighted by Gasteiger charge is -2.16. The lowest BCUT2D eigenvalue weighted by atomic mass is 9.95. The van der Waals surface area contributed by atoms with Crippen LogP contribution in [0.4, 0.5) is 0 Å². The number of likely N-dealkylation sites (tertiary alicyclic amines) is 1. The van der Waals surface area contributed by atoms with Crippen molar-refractivity contribution >= 4 is 5.91 Å². The van der Waals surface area contributed by atoms with E-state index in [-0.39, 0.29) is 17.9 Å². The third-order valence-electron chi connectivity index (χ3n) is 4.02. The Morgan fingerprint density at radius 3 is 2.71 bits per heavy atom. The first-order valence-electron chi connectivity index (χ1n) is 7.21. The second kappa shape index (κ2) is 6.06. The van der Waals surface area contributed by atoms with E-state index in [4.69, 9.17) is 5.73 Å². The summed E-state index contributed by atoms with van der Waals surface area (Å²) in [6.07, 6.45) is 3.84. The number of benzene rings is 1. The van der Waals surface area contributed by atoms with Crippen LogP contribution in [0.1, 0.15) is 17.0 Å². The van der Waals surface area contributed by atoms with Crippen LogP contribution in [0.2, 0.25) is 0 Å². The minimum atomic E-state index is 0.00486. The van der Waals surface area contributed by atoms with Gasteiger partial charge in [0.05, 0.1) is 6.42 Å². The number of hydrogen-bond donors (Lipinski definition) is 1. The summed E-state index contributed by atoms with van der Waals surface area (Å²) in [7, 11) is 0. The van der Waals surface area contributed by atoms with Crippen LogP contribution >= 0.6 is 0 Å². The van der Waals surface area contributed by atoms with Crippen molar-refractivity contribution in [1.29, 1.82) is 0 Å². The molecule has 1 aliphatic rings. The number of nitrogens with two attached hydrogens (primary N) is 1. The maximum absolute atomic E-state index is 12.4. The smallest absolute Gasteiger partial charge is 0.227 e. The Morgan fingerprint density at radius 2 is 2.00 bits per heavy atom. The normalized spacial score (nSPS) is 21.5. The van der Waals surface area contributed by atoms with Gasteiger partial charge in [0.15, 0.2) is 0 Å². The first-order valence-corrected chi connectivity index (χ1v) is 7.21. The minimum absolute atomic E-state index is 0.00486. The molecule has 1 saturated heterocycles. The van der Waals surface area contributed by atoms with Crippen LogP contribution in [-0.2, 0) is 11.2 Å². The molecule has 1 aromatic heterocycles. The summed E-state index contributed by atoms with van der Waals surface area (Å²) in [4.78, 5) is 18.3. The van der Waals surface area contributed by atoms with E-state index in [9.17, 15) is 4.79 Å². The Morgan fingerprint density at radius 1 is 1.19 bits per heavy atom. The molecule has 1 amide bonds. The molecule has 0 aliphatic carbocycles. The highest BCUT2D eigenvalue weighted by Crippen LogP contribution is 2.26. The molecule has 2 atom stereocenters. The molecule has 2 heterocycles. The first kappa shape index (κ1) is 13.8. The molecule has 3 rings (SSSR count). The molecule has 0 radical (unpaired) electrons. The molecule has 0 unspecified atom stereocenters. The molecule has 0 bridgehead atoms.